The largest absolute Gasteiger partial charge is 0.283 e. The highest BCUT2D eigenvalue weighted by Gasteiger charge is 2.21. The minimum Gasteiger partial charge on any atom is -0.258 e. The highest BCUT2D eigenvalue weighted by molar-refractivity contribution is 7.90. The molecule has 0 bridgehead atoms. The van der Waals surface area contributed by atoms with Crippen molar-refractivity contribution in [2.24, 2.45) is 0 Å². The normalized spacial score (nSPS) is 11.7. The second-order valence-corrected chi connectivity index (χ2v) is 6.65. The topological polar surface area (TPSA) is 95.1 Å². The Hall–Kier alpha value is -2.45. The van der Waals surface area contributed by atoms with Gasteiger partial charge in [0, 0.05) is 22.5 Å². The van der Waals surface area contributed by atoms with Gasteiger partial charge in [0.2, 0.25) is 0 Å². The molecule has 0 aliphatic carbocycles. The van der Waals surface area contributed by atoms with E-state index in [1.165, 1.54) is 48.7 Å². The summed E-state index contributed by atoms with van der Waals surface area (Å²) in [5.41, 5.74) is 0.136. The van der Waals surface area contributed by atoms with Crippen molar-refractivity contribution in [3.8, 4) is 0 Å². The van der Waals surface area contributed by atoms with E-state index < -0.39 is 14.9 Å². The number of nitrogens with zero attached hydrogens (tertiary/aromatic N) is 3. The van der Waals surface area contributed by atoms with E-state index >= 15 is 0 Å². The van der Waals surface area contributed by atoms with Crippen molar-refractivity contribution in [2.45, 2.75) is 4.90 Å². The Morgan fingerprint density at radius 1 is 1.14 bits per heavy atom. The molecule has 0 atom stereocenters. The van der Waals surface area contributed by atoms with Gasteiger partial charge in [-0.15, -0.1) is 0 Å². The predicted octanol–water partition coefficient (Wildman–Crippen LogP) is 2.83. The summed E-state index contributed by atoms with van der Waals surface area (Å²) in [6.07, 6.45) is 1.27. The van der Waals surface area contributed by atoms with Gasteiger partial charge in [0.25, 0.3) is 15.7 Å². The average Bonchev–Trinajstić information content (AvgIpc) is 2.91. The highest BCUT2D eigenvalue weighted by atomic mass is 35.5. The van der Waals surface area contributed by atoms with E-state index in [2.05, 4.69) is 5.10 Å². The molecule has 7 nitrogen and oxygen atoms in total. The molecule has 0 spiro atoms. The Morgan fingerprint density at radius 3 is 2.45 bits per heavy atom. The first-order chi connectivity index (χ1) is 10.4. The van der Waals surface area contributed by atoms with Crippen molar-refractivity contribution < 1.29 is 13.3 Å². The van der Waals surface area contributed by atoms with Gasteiger partial charge in [0.05, 0.1) is 21.5 Å². The lowest BCUT2D eigenvalue weighted by Crippen LogP contribution is -2.14. The molecule has 9 heteroatoms. The van der Waals surface area contributed by atoms with Crippen molar-refractivity contribution in [3.63, 3.8) is 0 Å². The summed E-state index contributed by atoms with van der Waals surface area (Å²) in [5, 5.41) is 15.4. The lowest BCUT2D eigenvalue weighted by atomic mass is 10.2. The fraction of sp³-hybridized carbons (Fsp3) is 0. The number of rotatable bonds is 3. The molecule has 1 aromatic heterocycles. The maximum Gasteiger partial charge on any atom is 0.283 e. The van der Waals surface area contributed by atoms with Crippen LogP contribution in [-0.4, -0.2) is 22.5 Å². The molecular formula is C13H8ClN3O4S. The van der Waals surface area contributed by atoms with E-state index in [-0.39, 0.29) is 16.1 Å². The van der Waals surface area contributed by atoms with Crippen LogP contribution in [-0.2, 0) is 10.0 Å². The summed E-state index contributed by atoms with van der Waals surface area (Å²) >= 11 is 5.75. The molecule has 0 N–H and O–H groups in total. The van der Waals surface area contributed by atoms with Crippen LogP contribution in [0.4, 0.5) is 5.69 Å². The van der Waals surface area contributed by atoms with Crippen LogP contribution in [0, 0.1) is 10.1 Å². The summed E-state index contributed by atoms with van der Waals surface area (Å²) in [6, 6.07) is 9.53. The fourth-order valence-electron chi connectivity index (χ4n) is 2.01. The molecule has 0 aliphatic rings. The average molecular weight is 338 g/mol. The molecule has 0 amide bonds. The van der Waals surface area contributed by atoms with Crippen molar-refractivity contribution in [2.75, 3.05) is 0 Å². The highest BCUT2D eigenvalue weighted by Crippen LogP contribution is 2.24. The lowest BCUT2D eigenvalue weighted by Gasteiger charge is -2.05. The molecule has 0 unspecified atom stereocenters. The first-order valence-electron chi connectivity index (χ1n) is 6.03. The van der Waals surface area contributed by atoms with Gasteiger partial charge in [0.1, 0.15) is 0 Å². The summed E-state index contributed by atoms with van der Waals surface area (Å²) in [7, 11) is -3.90. The van der Waals surface area contributed by atoms with Crippen LogP contribution in [0.1, 0.15) is 0 Å². The maximum atomic E-state index is 12.6. The van der Waals surface area contributed by atoms with Crippen LogP contribution >= 0.6 is 11.6 Å². The first-order valence-corrected chi connectivity index (χ1v) is 7.85. The van der Waals surface area contributed by atoms with Gasteiger partial charge in [-0.2, -0.15) is 17.6 Å². The molecule has 1 heterocycles. The first kappa shape index (κ1) is 14.5. The molecule has 0 radical (unpaired) electrons. The van der Waals surface area contributed by atoms with Crippen LogP contribution in [0.5, 0.6) is 0 Å². The van der Waals surface area contributed by atoms with Gasteiger partial charge in [0.15, 0.2) is 0 Å². The van der Waals surface area contributed by atoms with Crippen LogP contribution in [0.2, 0.25) is 5.02 Å². The van der Waals surface area contributed by atoms with Gasteiger partial charge < -0.3 is 0 Å². The predicted molar refractivity (Wildman–Crippen MR) is 80.4 cm³/mol. The van der Waals surface area contributed by atoms with E-state index in [4.69, 9.17) is 11.6 Å². The smallest absolute Gasteiger partial charge is 0.258 e. The van der Waals surface area contributed by atoms with Gasteiger partial charge in [-0.1, -0.05) is 11.6 Å². The molecule has 112 valence electrons. The van der Waals surface area contributed by atoms with Crippen molar-refractivity contribution >= 4 is 38.2 Å². The minimum absolute atomic E-state index is 0.0280. The molecule has 3 rings (SSSR count). The number of non-ortho nitro benzene ring substituents is 1. The van der Waals surface area contributed by atoms with Gasteiger partial charge in [-0.25, -0.2) is 0 Å². The number of halogens is 1. The Balaban J connectivity index is 2.17. The number of hydrogen-bond acceptors (Lipinski definition) is 5. The monoisotopic (exact) mass is 337 g/mol. The third-order valence-electron chi connectivity index (χ3n) is 3.07. The Labute approximate surface area is 129 Å². The van der Waals surface area contributed by atoms with E-state index in [1.807, 2.05) is 0 Å². The molecule has 0 saturated carbocycles. The van der Waals surface area contributed by atoms with Gasteiger partial charge >= 0.3 is 0 Å². The number of nitro groups is 1. The summed E-state index contributed by atoms with van der Waals surface area (Å²) < 4.78 is 26.0. The Kier molecular flexibility index (Phi) is 3.34. The van der Waals surface area contributed by atoms with Crippen LogP contribution in [0.3, 0.4) is 0 Å². The van der Waals surface area contributed by atoms with Crippen LogP contribution in [0.15, 0.2) is 53.6 Å². The molecule has 0 saturated heterocycles. The molecule has 0 aliphatic heterocycles. The Morgan fingerprint density at radius 2 is 1.82 bits per heavy atom. The zero-order valence-electron chi connectivity index (χ0n) is 10.9. The summed E-state index contributed by atoms with van der Waals surface area (Å²) in [6.45, 7) is 0. The fourth-order valence-corrected chi connectivity index (χ4v) is 3.41. The zero-order chi connectivity index (χ0) is 15.9. The number of nitro benzene ring substituents is 1. The lowest BCUT2D eigenvalue weighted by molar-refractivity contribution is -0.384. The SMILES string of the molecule is O=[N+]([O-])c1ccc2c(cnn2S(=O)(=O)c2ccc(Cl)cc2)c1. The molecule has 22 heavy (non-hydrogen) atoms. The van der Waals surface area contributed by atoms with Crippen molar-refractivity contribution in [1.82, 2.24) is 9.19 Å². The van der Waals surface area contributed by atoms with Crippen molar-refractivity contribution in [3.05, 3.63) is 63.8 Å². The van der Waals surface area contributed by atoms with Gasteiger partial charge in [-0.3, -0.25) is 10.1 Å². The standard InChI is InChI=1S/C13H8ClN3O4S/c14-10-1-4-12(5-2-10)22(20,21)16-13-6-3-11(17(18)19)7-9(13)8-15-16/h1-8H. The van der Waals surface area contributed by atoms with Crippen LogP contribution < -0.4 is 0 Å². The molecular weight excluding hydrogens is 330 g/mol. The van der Waals surface area contributed by atoms with E-state index in [0.717, 1.165) is 4.09 Å². The van der Waals surface area contributed by atoms with E-state index in [0.29, 0.717) is 10.4 Å². The number of hydrogen-bond donors (Lipinski definition) is 0. The van der Waals surface area contributed by atoms with E-state index in [1.54, 1.807) is 0 Å². The number of fused-ring (bicyclic) bond motifs is 1. The van der Waals surface area contributed by atoms with E-state index in [9.17, 15) is 18.5 Å². The third kappa shape index (κ3) is 2.32. The quantitative estimate of drug-likeness (QED) is 0.541. The second kappa shape index (κ2) is 5.08. The maximum absolute atomic E-state index is 12.6. The minimum atomic E-state index is -3.90. The van der Waals surface area contributed by atoms with Crippen molar-refractivity contribution in [1.29, 1.82) is 0 Å². The van der Waals surface area contributed by atoms with Crippen LogP contribution in [0.25, 0.3) is 10.9 Å². The summed E-state index contributed by atoms with van der Waals surface area (Å²) in [5.74, 6) is 0. The number of benzene rings is 2. The zero-order valence-corrected chi connectivity index (χ0v) is 12.5. The third-order valence-corrected chi connectivity index (χ3v) is 4.94. The molecule has 3 aromatic rings. The van der Waals surface area contributed by atoms with Gasteiger partial charge in [-0.05, 0) is 30.3 Å². The molecule has 2 aromatic carbocycles. The number of aromatic nitrogens is 2. The summed E-state index contributed by atoms with van der Waals surface area (Å²) in [4.78, 5) is 10.2. The molecule has 0 fully saturated rings. The second-order valence-electron chi connectivity index (χ2n) is 4.45. The Bertz CT molecular complexity index is 980.